The molecule has 158 valence electrons. The van der Waals surface area contributed by atoms with Gasteiger partial charge >= 0.3 is 0 Å². The zero-order valence-corrected chi connectivity index (χ0v) is 18.4. The standard InChI is InChI=1S/C20H22N4O4S2/c1-4-24(5-2)30(27,28)16-9-6-14(7-10-16)19(26)23-20-22-17-11-8-15(21-13(3)25)12-18(17)29-20/h6-12H,4-5H2,1-3H3,(H,21,25)(H,22,23,26). The summed E-state index contributed by atoms with van der Waals surface area (Å²) >= 11 is 1.28. The Hall–Kier alpha value is -2.82. The van der Waals surface area contributed by atoms with Crippen molar-refractivity contribution in [2.45, 2.75) is 25.7 Å². The summed E-state index contributed by atoms with van der Waals surface area (Å²) < 4.78 is 27.3. The number of rotatable bonds is 7. The predicted octanol–water partition coefficient (Wildman–Crippen LogP) is 3.54. The lowest BCUT2D eigenvalue weighted by atomic mass is 10.2. The Bertz CT molecular complexity index is 1180. The number of fused-ring (bicyclic) bond motifs is 1. The number of aromatic nitrogens is 1. The van der Waals surface area contributed by atoms with E-state index in [2.05, 4.69) is 15.6 Å². The van der Waals surface area contributed by atoms with Gasteiger partial charge in [-0.05, 0) is 42.5 Å². The minimum Gasteiger partial charge on any atom is -0.326 e. The predicted molar refractivity (Wildman–Crippen MR) is 118 cm³/mol. The second-order valence-corrected chi connectivity index (χ2v) is 9.42. The van der Waals surface area contributed by atoms with Crippen molar-refractivity contribution in [1.82, 2.24) is 9.29 Å². The van der Waals surface area contributed by atoms with Crippen LogP contribution in [0.2, 0.25) is 0 Å². The van der Waals surface area contributed by atoms with E-state index in [1.165, 1.54) is 46.8 Å². The Labute approximate surface area is 179 Å². The Kier molecular flexibility index (Phi) is 6.49. The number of carbonyl (C=O) groups is 2. The highest BCUT2D eigenvalue weighted by atomic mass is 32.2. The molecule has 0 aliphatic rings. The third-order valence-electron chi connectivity index (χ3n) is 4.39. The summed E-state index contributed by atoms with van der Waals surface area (Å²) in [7, 11) is -3.57. The van der Waals surface area contributed by atoms with Crippen molar-refractivity contribution in [2.75, 3.05) is 23.7 Å². The zero-order chi connectivity index (χ0) is 21.9. The topological polar surface area (TPSA) is 108 Å². The molecule has 8 nitrogen and oxygen atoms in total. The number of nitrogens with zero attached hydrogens (tertiary/aromatic N) is 2. The van der Waals surface area contributed by atoms with Crippen LogP contribution in [0.1, 0.15) is 31.1 Å². The van der Waals surface area contributed by atoms with Gasteiger partial charge in [0.1, 0.15) is 0 Å². The minimum absolute atomic E-state index is 0.147. The van der Waals surface area contributed by atoms with Gasteiger partial charge in [-0.2, -0.15) is 4.31 Å². The van der Waals surface area contributed by atoms with Crippen LogP contribution in [-0.2, 0) is 14.8 Å². The van der Waals surface area contributed by atoms with Gasteiger partial charge in [-0.3, -0.25) is 14.9 Å². The number of nitrogens with one attached hydrogen (secondary N) is 2. The summed E-state index contributed by atoms with van der Waals surface area (Å²) in [4.78, 5) is 28.3. The van der Waals surface area contributed by atoms with Gasteiger partial charge in [0.25, 0.3) is 5.91 Å². The van der Waals surface area contributed by atoms with Crippen LogP contribution in [0.15, 0.2) is 47.4 Å². The second-order valence-electron chi connectivity index (χ2n) is 6.45. The maximum absolute atomic E-state index is 12.6. The fourth-order valence-corrected chi connectivity index (χ4v) is 5.28. The number of benzene rings is 2. The zero-order valence-electron chi connectivity index (χ0n) is 16.8. The highest BCUT2D eigenvalue weighted by molar-refractivity contribution is 7.89. The average Bonchev–Trinajstić information content (AvgIpc) is 3.09. The van der Waals surface area contributed by atoms with Crippen LogP contribution in [-0.4, -0.2) is 42.6 Å². The summed E-state index contributed by atoms with van der Waals surface area (Å²) in [6, 6.07) is 11.1. The van der Waals surface area contributed by atoms with Crippen molar-refractivity contribution in [3.63, 3.8) is 0 Å². The molecule has 10 heteroatoms. The van der Waals surface area contributed by atoms with E-state index in [0.29, 0.717) is 35.0 Å². The van der Waals surface area contributed by atoms with E-state index in [0.717, 1.165) is 4.70 Å². The van der Waals surface area contributed by atoms with Crippen molar-refractivity contribution in [1.29, 1.82) is 0 Å². The Morgan fingerprint density at radius 1 is 1.03 bits per heavy atom. The first kappa shape index (κ1) is 21.9. The molecular weight excluding hydrogens is 424 g/mol. The lowest BCUT2D eigenvalue weighted by Crippen LogP contribution is -2.30. The molecule has 0 saturated carbocycles. The molecule has 1 aromatic heterocycles. The van der Waals surface area contributed by atoms with E-state index >= 15 is 0 Å². The van der Waals surface area contributed by atoms with E-state index < -0.39 is 10.0 Å². The Morgan fingerprint density at radius 3 is 2.30 bits per heavy atom. The molecule has 0 saturated heterocycles. The first-order chi connectivity index (χ1) is 14.2. The van der Waals surface area contributed by atoms with Gasteiger partial charge in [0, 0.05) is 31.3 Å². The van der Waals surface area contributed by atoms with Crippen LogP contribution in [0.3, 0.4) is 0 Å². The highest BCUT2D eigenvalue weighted by Gasteiger charge is 2.21. The van der Waals surface area contributed by atoms with Crippen LogP contribution in [0.25, 0.3) is 10.2 Å². The smallest absolute Gasteiger partial charge is 0.257 e. The van der Waals surface area contributed by atoms with E-state index in [1.54, 1.807) is 32.0 Å². The number of anilines is 2. The highest BCUT2D eigenvalue weighted by Crippen LogP contribution is 2.29. The van der Waals surface area contributed by atoms with Crippen LogP contribution in [0.5, 0.6) is 0 Å². The van der Waals surface area contributed by atoms with E-state index in [-0.39, 0.29) is 16.7 Å². The number of thiazole rings is 1. The van der Waals surface area contributed by atoms with Gasteiger partial charge in [0.2, 0.25) is 15.9 Å². The number of amides is 2. The fourth-order valence-electron chi connectivity index (χ4n) is 2.92. The van der Waals surface area contributed by atoms with Gasteiger partial charge in [0.15, 0.2) is 5.13 Å². The van der Waals surface area contributed by atoms with Crippen LogP contribution in [0, 0.1) is 0 Å². The summed E-state index contributed by atoms with van der Waals surface area (Å²) in [5, 5.41) is 5.85. The van der Waals surface area contributed by atoms with Crippen LogP contribution >= 0.6 is 11.3 Å². The van der Waals surface area contributed by atoms with Gasteiger partial charge in [-0.15, -0.1) is 0 Å². The number of sulfonamides is 1. The summed E-state index contributed by atoms with van der Waals surface area (Å²) in [6.45, 7) is 5.74. The molecule has 0 radical (unpaired) electrons. The van der Waals surface area contributed by atoms with Crippen molar-refractivity contribution in [3.8, 4) is 0 Å². The first-order valence-corrected chi connectivity index (χ1v) is 11.6. The molecule has 0 spiro atoms. The maximum Gasteiger partial charge on any atom is 0.257 e. The largest absolute Gasteiger partial charge is 0.326 e. The summed E-state index contributed by atoms with van der Waals surface area (Å²) in [5.41, 5.74) is 1.68. The molecule has 30 heavy (non-hydrogen) atoms. The van der Waals surface area contributed by atoms with Crippen LogP contribution < -0.4 is 10.6 Å². The molecule has 0 fully saturated rings. The molecule has 0 atom stereocenters. The van der Waals surface area contributed by atoms with Crippen LogP contribution in [0.4, 0.5) is 10.8 Å². The Balaban J connectivity index is 1.76. The Morgan fingerprint density at radius 2 is 1.70 bits per heavy atom. The normalized spacial score (nSPS) is 11.6. The molecule has 0 aliphatic heterocycles. The maximum atomic E-state index is 12.6. The number of hydrogen-bond acceptors (Lipinski definition) is 6. The van der Waals surface area contributed by atoms with E-state index in [9.17, 15) is 18.0 Å². The van der Waals surface area contributed by atoms with Gasteiger partial charge in [-0.25, -0.2) is 13.4 Å². The molecule has 0 aliphatic carbocycles. The number of carbonyl (C=O) groups excluding carboxylic acids is 2. The molecule has 2 N–H and O–H groups in total. The first-order valence-electron chi connectivity index (χ1n) is 9.34. The lowest BCUT2D eigenvalue weighted by Gasteiger charge is -2.18. The molecule has 0 unspecified atom stereocenters. The minimum atomic E-state index is -3.57. The van der Waals surface area contributed by atoms with Gasteiger partial charge in [0.05, 0.1) is 15.1 Å². The average molecular weight is 447 g/mol. The molecule has 2 aromatic carbocycles. The lowest BCUT2D eigenvalue weighted by molar-refractivity contribution is -0.114. The van der Waals surface area contributed by atoms with Gasteiger partial charge in [-0.1, -0.05) is 25.2 Å². The quantitative estimate of drug-likeness (QED) is 0.577. The van der Waals surface area contributed by atoms with E-state index in [1.807, 2.05) is 0 Å². The monoisotopic (exact) mass is 446 g/mol. The molecule has 0 bridgehead atoms. The second kappa shape index (κ2) is 8.90. The third kappa shape index (κ3) is 4.66. The third-order valence-corrected chi connectivity index (χ3v) is 7.39. The van der Waals surface area contributed by atoms with E-state index in [4.69, 9.17) is 0 Å². The van der Waals surface area contributed by atoms with Crippen molar-refractivity contribution in [3.05, 3.63) is 48.0 Å². The van der Waals surface area contributed by atoms with Gasteiger partial charge < -0.3 is 5.32 Å². The summed E-state index contributed by atoms with van der Waals surface area (Å²) in [6.07, 6.45) is 0. The summed E-state index contributed by atoms with van der Waals surface area (Å²) in [5.74, 6) is -0.554. The SMILES string of the molecule is CCN(CC)S(=O)(=O)c1ccc(C(=O)Nc2nc3ccc(NC(C)=O)cc3s2)cc1. The molecule has 3 rings (SSSR count). The van der Waals surface area contributed by atoms with Crippen molar-refractivity contribution < 1.29 is 18.0 Å². The number of hydrogen-bond donors (Lipinski definition) is 2. The molecule has 1 heterocycles. The molecule has 2 amide bonds. The van der Waals surface area contributed by atoms with Crippen molar-refractivity contribution >= 4 is 54.2 Å². The van der Waals surface area contributed by atoms with Crippen molar-refractivity contribution in [2.24, 2.45) is 0 Å². The molecular formula is C20H22N4O4S2. The fraction of sp³-hybridized carbons (Fsp3) is 0.250. The molecule has 3 aromatic rings.